The fourth-order valence-electron chi connectivity index (χ4n) is 12.5. The number of hydrogen-bond donors (Lipinski definition) is 4. The minimum Gasteiger partial charge on any atom is -0.347 e. The molecule has 97 heavy (non-hydrogen) atoms. The predicted molar refractivity (Wildman–Crippen MR) is 358 cm³/mol. The highest BCUT2D eigenvalue weighted by atomic mass is 35.5. The van der Waals surface area contributed by atoms with Crippen LogP contribution < -0.4 is 21.3 Å². The van der Waals surface area contributed by atoms with Gasteiger partial charge in [-0.2, -0.15) is 13.2 Å². The lowest BCUT2D eigenvalue weighted by molar-refractivity contribution is -0.155. The van der Waals surface area contributed by atoms with E-state index in [2.05, 4.69) is 21.3 Å². The SMILES string of the molecule is CC[C@H](C)[C@@H]1NC(=O)[C@H](CC(C)C)N(C)C(=O)C[C@@H](C(=O)N(C)C)N(C)C(=O)[C@H]([C@@H](C)CC)N(C)C(=O)[C@H](C(C)C)NC(=O)[C@@H]2CCCN2C(=O)[C@H](CCc2ccc(C(F)(F)F)c(Cl)c2)NC(=O)CN(C)C(=O)[C@H](Cc2ccc(C)cc2)NC(=O)[C@@H]2CCN2C(=O)[C@H](C)N(C)C1=O. The van der Waals surface area contributed by atoms with Gasteiger partial charge in [0.15, 0.2) is 0 Å². The number of nitrogens with one attached hydrogen (secondary N) is 4. The van der Waals surface area contributed by atoms with E-state index in [0.29, 0.717) is 24.8 Å². The number of rotatable bonds is 13. The molecule has 0 radical (unpaired) electrons. The lowest BCUT2D eigenvalue weighted by Crippen LogP contribution is -2.65. The second-order valence-electron chi connectivity index (χ2n) is 27.5. The molecule has 3 aliphatic heterocycles. The summed E-state index contributed by atoms with van der Waals surface area (Å²) < 4.78 is 41.4. The van der Waals surface area contributed by atoms with Crippen LogP contribution in [0.4, 0.5) is 13.2 Å². The molecule has 3 fully saturated rings. The zero-order valence-corrected chi connectivity index (χ0v) is 60.1. The molecule has 0 saturated carbocycles. The molecule has 538 valence electrons. The Balaban J connectivity index is 1.62. The Morgan fingerprint density at radius 1 is 0.639 bits per heavy atom. The number of nitrogens with zero attached hydrogens (tertiary/aromatic N) is 8. The molecule has 0 aliphatic carbocycles. The van der Waals surface area contributed by atoms with Crippen molar-refractivity contribution >= 4 is 82.5 Å². The van der Waals surface area contributed by atoms with Gasteiger partial charge >= 0.3 is 6.18 Å². The van der Waals surface area contributed by atoms with Crippen molar-refractivity contribution in [2.75, 3.05) is 69.0 Å². The standard InChI is InChI=1S/C69H102ClF3N12O12/c1-18-41(8)57-67(96)80(14)43(10)62(91)85-32-30-51(85)59(88)75-49(35-45-24-22-40(7)23-25-45)63(92)79(13)37-54(86)74-48(29-27-44-26-28-46(47(70)34-44)69(71,72)73)64(93)84-31-20-21-50(84)60(89)76-56(39(5)6)66(95)83(17)58(42(9)19-2)68(97)82(16)53(65(94)78(11)12)36-55(87)81(15)52(33-38(3)4)61(90)77-57/h22-26,28,34,38-39,41-43,48-53,56-58H,18-21,27,29-33,35-37H2,1-17H3,(H,74,86)(H,75,88)(H,76,89)(H,77,90)/t41-,42-,43-,48-,49-,50-,51-,52-,53-,56-,57-,58-/m0/s1. The van der Waals surface area contributed by atoms with E-state index in [0.717, 1.165) is 27.5 Å². The summed E-state index contributed by atoms with van der Waals surface area (Å²) in [5.74, 6) is -10.5. The van der Waals surface area contributed by atoms with Gasteiger partial charge < -0.3 is 60.5 Å². The van der Waals surface area contributed by atoms with E-state index in [1.165, 1.54) is 91.7 Å². The van der Waals surface area contributed by atoms with E-state index >= 15 is 14.4 Å². The maximum Gasteiger partial charge on any atom is 0.417 e. The molecule has 0 spiro atoms. The van der Waals surface area contributed by atoms with Gasteiger partial charge in [0.1, 0.15) is 60.4 Å². The Morgan fingerprint density at radius 3 is 1.75 bits per heavy atom. The second-order valence-corrected chi connectivity index (χ2v) is 27.9. The van der Waals surface area contributed by atoms with Crippen LogP contribution >= 0.6 is 11.6 Å². The molecule has 28 heteroatoms. The number of benzene rings is 2. The monoisotopic (exact) mass is 1380 g/mol. The zero-order valence-electron chi connectivity index (χ0n) is 59.3. The summed E-state index contributed by atoms with van der Waals surface area (Å²) in [6.45, 7) is 16.9. The highest BCUT2D eigenvalue weighted by molar-refractivity contribution is 6.31. The molecule has 4 N–H and O–H groups in total. The summed E-state index contributed by atoms with van der Waals surface area (Å²) in [4.78, 5) is 186. The van der Waals surface area contributed by atoms with Gasteiger partial charge in [-0.05, 0) is 99.3 Å². The van der Waals surface area contributed by atoms with Crippen molar-refractivity contribution in [3.63, 3.8) is 0 Å². The molecule has 3 aliphatic rings. The van der Waals surface area contributed by atoms with Gasteiger partial charge in [0.05, 0.1) is 23.6 Å². The first-order chi connectivity index (χ1) is 45.3. The molecule has 24 nitrogen and oxygen atoms in total. The average molecular weight is 1380 g/mol. The van der Waals surface area contributed by atoms with Crippen molar-refractivity contribution in [3.8, 4) is 0 Å². The number of hydrogen-bond acceptors (Lipinski definition) is 12. The molecule has 2 aromatic carbocycles. The molecule has 3 heterocycles. The van der Waals surface area contributed by atoms with Crippen LogP contribution in [0.3, 0.4) is 0 Å². The third-order valence-electron chi connectivity index (χ3n) is 19.3. The first-order valence-corrected chi connectivity index (χ1v) is 33.9. The van der Waals surface area contributed by atoms with Gasteiger partial charge in [0.25, 0.3) is 0 Å². The molecule has 0 bridgehead atoms. The van der Waals surface area contributed by atoms with Crippen molar-refractivity contribution in [3.05, 3.63) is 69.7 Å². The number of aryl methyl sites for hydroxylation is 2. The molecule has 0 unspecified atom stereocenters. The lowest BCUT2D eigenvalue weighted by atomic mass is 9.93. The van der Waals surface area contributed by atoms with Gasteiger partial charge in [-0.15, -0.1) is 0 Å². The van der Waals surface area contributed by atoms with Crippen molar-refractivity contribution in [2.45, 2.75) is 200 Å². The fourth-order valence-corrected chi connectivity index (χ4v) is 12.8. The largest absolute Gasteiger partial charge is 0.417 e. The van der Waals surface area contributed by atoms with Crippen molar-refractivity contribution in [1.82, 2.24) is 60.5 Å². The van der Waals surface area contributed by atoms with Crippen molar-refractivity contribution in [2.24, 2.45) is 23.7 Å². The van der Waals surface area contributed by atoms with E-state index in [1.807, 2.05) is 39.8 Å². The number of carbonyl (C=O) groups is 12. The summed E-state index contributed by atoms with van der Waals surface area (Å²) in [7, 11) is 9.73. The highest BCUT2D eigenvalue weighted by Gasteiger charge is 2.47. The quantitative estimate of drug-likeness (QED) is 0.217. The van der Waals surface area contributed by atoms with E-state index < -0.39 is 179 Å². The topological polar surface area (TPSA) is 279 Å². The average Bonchev–Trinajstić information content (AvgIpc) is 0.978. The number of likely N-dealkylation sites (N-methyl/N-ethyl adjacent to an activating group) is 6. The Morgan fingerprint density at radius 2 is 1.21 bits per heavy atom. The van der Waals surface area contributed by atoms with Gasteiger partial charge in [-0.25, -0.2) is 0 Å². The number of halogens is 4. The van der Waals surface area contributed by atoms with E-state index in [9.17, 15) is 56.3 Å². The van der Waals surface area contributed by atoms with Crippen LogP contribution in [-0.2, 0) is 76.6 Å². The fraction of sp³-hybridized carbons (Fsp3) is 0.652. The van der Waals surface area contributed by atoms with Crippen molar-refractivity contribution in [1.29, 1.82) is 0 Å². The van der Waals surface area contributed by atoms with Crippen LogP contribution in [0.15, 0.2) is 42.5 Å². The summed E-state index contributed by atoms with van der Waals surface area (Å²) in [6, 6.07) is -2.62. The van der Waals surface area contributed by atoms with E-state index in [-0.39, 0.29) is 63.1 Å². The van der Waals surface area contributed by atoms with Crippen LogP contribution in [0.2, 0.25) is 5.02 Å². The molecular formula is C69H102ClF3N12O12. The molecule has 3 saturated heterocycles. The molecular weight excluding hydrogens is 1280 g/mol. The first kappa shape index (κ1) is 79.8. The minimum absolute atomic E-state index is 0.00153. The van der Waals surface area contributed by atoms with E-state index in [4.69, 9.17) is 11.6 Å². The summed E-state index contributed by atoms with van der Waals surface area (Å²) in [5.41, 5.74) is 0.715. The van der Waals surface area contributed by atoms with Crippen LogP contribution in [0, 0.1) is 30.6 Å². The normalized spacial score (nSPS) is 25.9. The number of amides is 12. The third-order valence-corrected chi connectivity index (χ3v) is 19.6. The van der Waals surface area contributed by atoms with Gasteiger partial charge in [-0.1, -0.05) is 116 Å². The molecule has 2 aromatic rings. The van der Waals surface area contributed by atoms with Crippen LogP contribution in [0.5, 0.6) is 0 Å². The molecule has 5 rings (SSSR count). The summed E-state index contributed by atoms with van der Waals surface area (Å²) in [5, 5.41) is 10.6. The lowest BCUT2D eigenvalue weighted by Gasteiger charge is -2.43. The summed E-state index contributed by atoms with van der Waals surface area (Å²) >= 11 is 6.12. The van der Waals surface area contributed by atoms with Crippen LogP contribution in [-0.4, -0.2) is 239 Å². The van der Waals surface area contributed by atoms with Crippen molar-refractivity contribution < 1.29 is 70.7 Å². The molecule has 12 amide bonds. The molecule has 0 aromatic heterocycles. The van der Waals surface area contributed by atoms with Gasteiger partial charge in [0, 0.05) is 68.8 Å². The Bertz CT molecular complexity index is 3210. The van der Waals surface area contributed by atoms with Crippen LogP contribution in [0.25, 0.3) is 0 Å². The number of carbonyl (C=O) groups excluding carboxylic acids is 12. The Hall–Kier alpha value is -7.84. The van der Waals surface area contributed by atoms with Gasteiger partial charge in [0.2, 0.25) is 70.9 Å². The Kier molecular flexibility index (Phi) is 28.5. The highest BCUT2D eigenvalue weighted by Crippen LogP contribution is 2.36. The predicted octanol–water partition coefficient (Wildman–Crippen LogP) is 4.45. The first-order valence-electron chi connectivity index (χ1n) is 33.5. The zero-order chi connectivity index (χ0) is 73.0. The Labute approximate surface area is 573 Å². The molecule has 12 atom stereocenters. The van der Waals surface area contributed by atoms with Gasteiger partial charge in [-0.3, -0.25) is 57.5 Å². The summed E-state index contributed by atoms with van der Waals surface area (Å²) in [6.07, 6.45) is -4.42. The number of alkyl halides is 3. The minimum atomic E-state index is -4.77. The number of fused-ring (bicyclic) bond motifs is 2. The van der Waals surface area contributed by atoms with E-state index in [1.54, 1.807) is 46.8 Å². The third kappa shape index (κ3) is 19.9. The maximum atomic E-state index is 15.2. The van der Waals surface area contributed by atoms with Crippen LogP contribution in [0.1, 0.15) is 136 Å². The maximum absolute atomic E-state index is 15.2. The second kappa shape index (κ2) is 34.6. The smallest absolute Gasteiger partial charge is 0.347 e.